The molecule has 0 atom stereocenters. The number of carbonyl (C=O) groups is 1. The van der Waals surface area contributed by atoms with Gasteiger partial charge in [0.25, 0.3) is 11.6 Å². The topological polar surface area (TPSA) is 102 Å². The van der Waals surface area contributed by atoms with Gasteiger partial charge < -0.3 is 10.6 Å². The standard InChI is InChI=1S/C19H19N5O3S/c1-28-19-22-12-13-23(19)15-8-6-14(7-9-15)18(25)21-11-10-20-16-4-2-3-5-17(16)24(26)27/h2-9,12-13,20H,10-11H2,1H3,(H,21,25). The van der Waals surface area contributed by atoms with Crippen LogP contribution in [-0.4, -0.2) is 39.7 Å². The average Bonchev–Trinajstić information content (AvgIpc) is 3.20. The Hall–Kier alpha value is -3.33. The molecular weight excluding hydrogens is 378 g/mol. The van der Waals surface area contributed by atoms with Crippen LogP contribution >= 0.6 is 11.8 Å². The summed E-state index contributed by atoms with van der Waals surface area (Å²) in [4.78, 5) is 27.1. The molecule has 0 fully saturated rings. The van der Waals surface area contributed by atoms with Crippen molar-refractivity contribution in [3.8, 4) is 5.69 Å². The Kier molecular flexibility index (Phi) is 6.28. The fraction of sp³-hybridized carbons (Fsp3) is 0.158. The van der Waals surface area contributed by atoms with Crippen molar-refractivity contribution in [1.29, 1.82) is 0 Å². The number of nitrogens with one attached hydrogen (secondary N) is 2. The van der Waals surface area contributed by atoms with Crippen LogP contribution in [0.5, 0.6) is 0 Å². The number of carbonyl (C=O) groups excluding carboxylic acids is 1. The molecule has 0 bridgehead atoms. The van der Waals surface area contributed by atoms with E-state index in [1.807, 2.05) is 29.2 Å². The third-order valence-corrected chi connectivity index (χ3v) is 4.69. The van der Waals surface area contributed by atoms with E-state index in [2.05, 4.69) is 15.6 Å². The van der Waals surface area contributed by atoms with Crippen molar-refractivity contribution in [2.24, 2.45) is 0 Å². The number of para-hydroxylation sites is 2. The minimum absolute atomic E-state index is 0.00790. The fourth-order valence-corrected chi connectivity index (χ4v) is 3.20. The molecule has 0 radical (unpaired) electrons. The summed E-state index contributed by atoms with van der Waals surface area (Å²) in [7, 11) is 0. The van der Waals surface area contributed by atoms with Gasteiger partial charge in [-0.05, 0) is 36.6 Å². The van der Waals surface area contributed by atoms with Crippen molar-refractivity contribution in [3.63, 3.8) is 0 Å². The maximum absolute atomic E-state index is 12.3. The lowest BCUT2D eigenvalue weighted by atomic mass is 10.2. The highest BCUT2D eigenvalue weighted by Crippen LogP contribution is 2.22. The number of imidazole rings is 1. The number of nitro groups is 1. The van der Waals surface area contributed by atoms with Crippen LogP contribution in [0.1, 0.15) is 10.4 Å². The van der Waals surface area contributed by atoms with E-state index in [1.54, 1.807) is 48.3 Å². The predicted octanol–water partition coefficient (Wildman–Crippen LogP) is 3.34. The van der Waals surface area contributed by atoms with Crippen LogP contribution in [0.2, 0.25) is 0 Å². The predicted molar refractivity (Wildman–Crippen MR) is 109 cm³/mol. The number of hydrogen-bond acceptors (Lipinski definition) is 6. The minimum atomic E-state index is -0.439. The van der Waals surface area contributed by atoms with Crippen LogP contribution in [0.25, 0.3) is 5.69 Å². The Morgan fingerprint density at radius 2 is 1.93 bits per heavy atom. The average molecular weight is 397 g/mol. The zero-order valence-electron chi connectivity index (χ0n) is 15.2. The maximum Gasteiger partial charge on any atom is 0.292 e. The molecule has 3 rings (SSSR count). The van der Waals surface area contributed by atoms with E-state index in [0.717, 1.165) is 10.8 Å². The van der Waals surface area contributed by atoms with E-state index in [9.17, 15) is 14.9 Å². The molecule has 0 saturated carbocycles. The third kappa shape index (κ3) is 4.49. The van der Waals surface area contributed by atoms with Gasteiger partial charge in [-0.25, -0.2) is 4.98 Å². The van der Waals surface area contributed by atoms with Crippen LogP contribution in [0.15, 0.2) is 66.1 Å². The Labute approximate surface area is 166 Å². The highest BCUT2D eigenvalue weighted by atomic mass is 32.2. The second-order valence-electron chi connectivity index (χ2n) is 5.79. The van der Waals surface area contributed by atoms with Crippen LogP contribution in [0.3, 0.4) is 0 Å². The highest BCUT2D eigenvalue weighted by molar-refractivity contribution is 7.98. The van der Waals surface area contributed by atoms with E-state index in [0.29, 0.717) is 24.3 Å². The quantitative estimate of drug-likeness (QED) is 0.262. The highest BCUT2D eigenvalue weighted by Gasteiger charge is 2.12. The molecule has 1 aromatic heterocycles. The Balaban J connectivity index is 1.54. The maximum atomic E-state index is 12.3. The summed E-state index contributed by atoms with van der Waals surface area (Å²) in [6.45, 7) is 0.714. The summed E-state index contributed by atoms with van der Waals surface area (Å²) in [5.41, 5.74) is 1.90. The van der Waals surface area contributed by atoms with Gasteiger partial charge in [-0.15, -0.1) is 0 Å². The lowest BCUT2D eigenvalue weighted by Gasteiger charge is -2.09. The van der Waals surface area contributed by atoms with Gasteiger partial charge in [0, 0.05) is 42.8 Å². The summed E-state index contributed by atoms with van der Waals surface area (Å²) < 4.78 is 1.95. The molecule has 0 saturated heterocycles. The van der Waals surface area contributed by atoms with E-state index in [4.69, 9.17) is 0 Å². The SMILES string of the molecule is CSc1nccn1-c1ccc(C(=O)NCCNc2ccccc2[N+](=O)[O-])cc1. The summed E-state index contributed by atoms with van der Waals surface area (Å²) in [5.74, 6) is -0.202. The Bertz CT molecular complexity index is 972. The lowest BCUT2D eigenvalue weighted by Crippen LogP contribution is -2.28. The van der Waals surface area contributed by atoms with Gasteiger partial charge in [0.2, 0.25) is 0 Å². The van der Waals surface area contributed by atoms with Gasteiger partial charge >= 0.3 is 0 Å². The number of aromatic nitrogens is 2. The molecule has 0 spiro atoms. The van der Waals surface area contributed by atoms with Gasteiger partial charge in [0.05, 0.1) is 4.92 Å². The van der Waals surface area contributed by atoms with Crippen LogP contribution < -0.4 is 10.6 Å². The molecule has 0 aliphatic heterocycles. The molecule has 1 amide bonds. The van der Waals surface area contributed by atoms with Crippen molar-refractivity contribution >= 4 is 29.0 Å². The van der Waals surface area contributed by atoms with Crippen molar-refractivity contribution in [2.75, 3.05) is 24.7 Å². The van der Waals surface area contributed by atoms with Gasteiger partial charge in [0.1, 0.15) is 5.69 Å². The first kappa shape index (κ1) is 19.4. The van der Waals surface area contributed by atoms with Gasteiger partial charge in [-0.3, -0.25) is 19.5 Å². The summed E-state index contributed by atoms with van der Waals surface area (Å²) in [5, 5.41) is 17.6. The number of nitro benzene ring substituents is 1. The summed E-state index contributed by atoms with van der Waals surface area (Å²) >= 11 is 1.55. The van der Waals surface area contributed by atoms with E-state index >= 15 is 0 Å². The van der Waals surface area contributed by atoms with Crippen molar-refractivity contribution in [1.82, 2.24) is 14.9 Å². The number of nitrogens with zero attached hydrogens (tertiary/aromatic N) is 3. The smallest absolute Gasteiger partial charge is 0.292 e. The van der Waals surface area contributed by atoms with Crippen LogP contribution in [0.4, 0.5) is 11.4 Å². The molecule has 0 aliphatic rings. The van der Waals surface area contributed by atoms with E-state index in [-0.39, 0.29) is 11.6 Å². The second-order valence-corrected chi connectivity index (χ2v) is 6.56. The first-order chi connectivity index (χ1) is 13.6. The third-order valence-electron chi connectivity index (χ3n) is 4.02. The molecule has 0 aliphatic carbocycles. The van der Waals surface area contributed by atoms with Crippen molar-refractivity contribution < 1.29 is 9.72 Å². The van der Waals surface area contributed by atoms with Crippen molar-refractivity contribution in [2.45, 2.75) is 5.16 Å². The number of anilines is 1. The molecule has 0 unspecified atom stereocenters. The van der Waals surface area contributed by atoms with Crippen molar-refractivity contribution in [3.05, 3.63) is 76.6 Å². The normalized spacial score (nSPS) is 10.5. The number of thioether (sulfide) groups is 1. The summed E-state index contributed by atoms with van der Waals surface area (Å²) in [6.07, 6.45) is 5.56. The monoisotopic (exact) mass is 397 g/mol. The minimum Gasteiger partial charge on any atom is -0.378 e. The Morgan fingerprint density at radius 1 is 1.18 bits per heavy atom. The fourth-order valence-electron chi connectivity index (χ4n) is 2.67. The molecule has 8 nitrogen and oxygen atoms in total. The molecule has 1 heterocycles. The molecule has 2 aromatic carbocycles. The molecule has 2 N–H and O–H groups in total. The van der Waals surface area contributed by atoms with Gasteiger partial charge in [-0.1, -0.05) is 23.9 Å². The number of amides is 1. The number of rotatable bonds is 8. The molecule has 28 heavy (non-hydrogen) atoms. The van der Waals surface area contributed by atoms with Crippen LogP contribution in [-0.2, 0) is 0 Å². The molecule has 9 heteroatoms. The summed E-state index contributed by atoms with van der Waals surface area (Å²) in [6, 6.07) is 13.6. The Morgan fingerprint density at radius 3 is 2.64 bits per heavy atom. The van der Waals surface area contributed by atoms with E-state index in [1.165, 1.54) is 6.07 Å². The van der Waals surface area contributed by atoms with E-state index < -0.39 is 4.92 Å². The molecule has 3 aromatic rings. The van der Waals surface area contributed by atoms with Gasteiger partial charge in [0.15, 0.2) is 5.16 Å². The first-order valence-electron chi connectivity index (χ1n) is 8.53. The first-order valence-corrected chi connectivity index (χ1v) is 9.76. The zero-order chi connectivity index (χ0) is 19.9. The number of benzene rings is 2. The van der Waals surface area contributed by atoms with Gasteiger partial charge in [-0.2, -0.15) is 0 Å². The zero-order valence-corrected chi connectivity index (χ0v) is 16.0. The molecular formula is C19H19N5O3S. The van der Waals surface area contributed by atoms with Crippen LogP contribution in [0, 0.1) is 10.1 Å². The molecule has 144 valence electrons. The number of hydrogen-bond donors (Lipinski definition) is 2. The lowest BCUT2D eigenvalue weighted by molar-refractivity contribution is -0.384. The largest absolute Gasteiger partial charge is 0.378 e. The second kappa shape index (κ2) is 9.05.